The highest BCUT2D eigenvalue weighted by molar-refractivity contribution is 5.80. The molecule has 5 heteroatoms. The van der Waals surface area contributed by atoms with Crippen LogP contribution in [0.3, 0.4) is 0 Å². The Bertz CT molecular complexity index is 729. The normalized spacial score (nSPS) is 11.3. The summed E-state index contributed by atoms with van der Waals surface area (Å²) in [6.07, 6.45) is 2.84. The predicted molar refractivity (Wildman–Crippen MR) is 82.1 cm³/mol. The molecule has 0 saturated heterocycles. The van der Waals surface area contributed by atoms with Gasteiger partial charge in [0.15, 0.2) is 5.82 Å². The van der Waals surface area contributed by atoms with Crippen molar-refractivity contribution in [2.24, 2.45) is 0 Å². The number of aromatic nitrogens is 3. The van der Waals surface area contributed by atoms with Crippen molar-refractivity contribution in [2.75, 3.05) is 6.54 Å². The number of nitrogens with one attached hydrogen (secondary N) is 1. The van der Waals surface area contributed by atoms with Crippen LogP contribution in [0.4, 0.5) is 0 Å². The molecule has 0 amide bonds. The number of hydrogen-bond donors (Lipinski definition) is 1. The van der Waals surface area contributed by atoms with E-state index in [-0.39, 0.29) is 0 Å². The molecule has 1 aromatic carbocycles. The van der Waals surface area contributed by atoms with Crippen LogP contribution in [0.25, 0.3) is 10.9 Å². The Morgan fingerprint density at radius 1 is 1.24 bits per heavy atom. The van der Waals surface area contributed by atoms with Crippen molar-refractivity contribution >= 4 is 10.9 Å². The van der Waals surface area contributed by atoms with E-state index in [0.717, 1.165) is 25.3 Å². The van der Waals surface area contributed by atoms with E-state index in [1.54, 1.807) is 0 Å². The Balaban J connectivity index is 1.82. The molecule has 110 valence electrons. The number of rotatable bonds is 6. The monoisotopic (exact) mass is 284 g/mol. The molecule has 21 heavy (non-hydrogen) atoms. The first-order valence-electron chi connectivity index (χ1n) is 7.40. The highest BCUT2D eigenvalue weighted by Crippen LogP contribution is 2.18. The van der Waals surface area contributed by atoms with Crippen LogP contribution in [0.2, 0.25) is 0 Å². The lowest BCUT2D eigenvalue weighted by Crippen LogP contribution is -2.11. The van der Waals surface area contributed by atoms with Crippen molar-refractivity contribution in [3.05, 3.63) is 47.7 Å². The summed E-state index contributed by atoms with van der Waals surface area (Å²) in [5.74, 6) is 1.41. The van der Waals surface area contributed by atoms with E-state index in [1.807, 2.05) is 6.92 Å². The van der Waals surface area contributed by atoms with Gasteiger partial charge in [-0.15, -0.1) is 0 Å². The van der Waals surface area contributed by atoms with Crippen LogP contribution >= 0.6 is 0 Å². The molecule has 3 rings (SSSR count). The molecule has 2 aromatic heterocycles. The number of aryl methyl sites for hydroxylation is 1. The van der Waals surface area contributed by atoms with Gasteiger partial charge in [-0.05, 0) is 35.7 Å². The molecule has 0 radical (unpaired) electrons. The smallest absolute Gasteiger partial charge is 0.226 e. The van der Waals surface area contributed by atoms with Gasteiger partial charge in [0.05, 0.1) is 6.54 Å². The Kier molecular flexibility index (Phi) is 4.01. The van der Waals surface area contributed by atoms with Crippen molar-refractivity contribution in [1.29, 1.82) is 0 Å². The summed E-state index contributed by atoms with van der Waals surface area (Å²) in [6.45, 7) is 6.65. The maximum atomic E-state index is 5.16. The van der Waals surface area contributed by atoms with E-state index in [4.69, 9.17) is 4.52 Å². The standard InChI is InChI=1S/C16H20N4O/c1-3-16-18-15(19-21-16)11-20-8-7-13-9-12(10-17-4-2)5-6-14(13)20/h5-9,17H,3-4,10-11H2,1-2H3. The molecular weight excluding hydrogens is 264 g/mol. The highest BCUT2D eigenvalue weighted by Gasteiger charge is 2.08. The number of benzene rings is 1. The minimum atomic E-state index is 0.638. The molecule has 5 nitrogen and oxygen atoms in total. The van der Waals surface area contributed by atoms with Crippen LogP contribution in [0.1, 0.15) is 31.1 Å². The number of hydrogen-bond acceptors (Lipinski definition) is 4. The molecule has 0 aliphatic heterocycles. The molecule has 0 atom stereocenters. The number of nitrogens with zero attached hydrogens (tertiary/aromatic N) is 3. The second-order valence-corrected chi connectivity index (χ2v) is 5.08. The number of fused-ring (bicyclic) bond motifs is 1. The van der Waals surface area contributed by atoms with Crippen molar-refractivity contribution in [3.63, 3.8) is 0 Å². The van der Waals surface area contributed by atoms with E-state index in [2.05, 4.69) is 57.4 Å². The summed E-state index contributed by atoms with van der Waals surface area (Å²) >= 11 is 0. The fourth-order valence-corrected chi connectivity index (χ4v) is 2.42. The fraction of sp³-hybridized carbons (Fsp3) is 0.375. The summed E-state index contributed by atoms with van der Waals surface area (Å²) < 4.78 is 7.30. The molecule has 0 unspecified atom stereocenters. The average molecular weight is 284 g/mol. The van der Waals surface area contributed by atoms with E-state index < -0.39 is 0 Å². The van der Waals surface area contributed by atoms with Crippen LogP contribution in [-0.2, 0) is 19.5 Å². The lowest BCUT2D eigenvalue weighted by Gasteiger charge is -2.04. The molecule has 0 spiro atoms. The summed E-state index contributed by atoms with van der Waals surface area (Å²) in [5.41, 5.74) is 2.49. The van der Waals surface area contributed by atoms with Gasteiger partial charge in [0.25, 0.3) is 0 Å². The predicted octanol–water partition coefficient (Wildman–Crippen LogP) is 2.74. The van der Waals surface area contributed by atoms with E-state index in [1.165, 1.54) is 16.5 Å². The first-order chi connectivity index (χ1) is 10.3. The van der Waals surface area contributed by atoms with Crippen LogP contribution in [-0.4, -0.2) is 21.3 Å². The SMILES string of the molecule is CCNCc1ccc2c(ccn2Cc2noc(CC)n2)c1. The van der Waals surface area contributed by atoms with Gasteiger partial charge in [0, 0.05) is 24.7 Å². The minimum Gasteiger partial charge on any atom is -0.340 e. The van der Waals surface area contributed by atoms with Crippen LogP contribution < -0.4 is 5.32 Å². The molecule has 0 aliphatic carbocycles. The topological polar surface area (TPSA) is 55.9 Å². The zero-order valence-electron chi connectivity index (χ0n) is 12.5. The Hall–Kier alpha value is -2.14. The minimum absolute atomic E-state index is 0.638. The first-order valence-corrected chi connectivity index (χ1v) is 7.40. The van der Waals surface area contributed by atoms with Crippen molar-refractivity contribution in [3.8, 4) is 0 Å². The lowest BCUT2D eigenvalue weighted by molar-refractivity contribution is 0.375. The largest absolute Gasteiger partial charge is 0.340 e. The van der Waals surface area contributed by atoms with Crippen LogP contribution in [0, 0.1) is 0 Å². The third-order valence-electron chi connectivity index (χ3n) is 3.54. The van der Waals surface area contributed by atoms with E-state index in [0.29, 0.717) is 12.4 Å². The molecule has 3 aromatic rings. The van der Waals surface area contributed by atoms with Crippen molar-refractivity contribution < 1.29 is 4.52 Å². The van der Waals surface area contributed by atoms with Gasteiger partial charge in [-0.3, -0.25) is 0 Å². The third-order valence-corrected chi connectivity index (χ3v) is 3.54. The quantitative estimate of drug-likeness (QED) is 0.756. The van der Waals surface area contributed by atoms with E-state index >= 15 is 0 Å². The van der Waals surface area contributed by atoms with Crippen LogP contribution in [0.15, 0.2) is 35.0 Å². The third kappa shape index (κ3) is 2.97. The molecular formula is C16H20N4O. The zero-order chi connectivity index (χ0) is 14.7. The first kappa shape index (κ1) is 13.8. The summed E-state index contributed by atoms with van der Waals surface area (Å²) in [4.78, 5) is 4.36. The molecule has 0 saturated carbocycles. The highest BCUT2D eigenvalue weighted by atomic mass is 16.5. The van der Waals surface area contributed by atoms with Gasteiger partial charge >= 0.3 is 0 Å². The maximum Gasteiger partial charge on any atom is 0.226 e. The van der Waals surface area contributed by atoms with Crippen molar-refractivity contribution in [2.45, 2.75) is 33.4 Å². The molecule has 0 bridgehead atoms. The molecule has 0 aliphatic rings. The molecule has 1 N–H and O–H groups in total. The maximum absolute atomic E-state index is 5.16. The Labute approximate surface area is 124 Å². The fourth-order valence-electron chi connectivity index (χ4n) is 2.42. The van der Waals surface area contributed by atoms with Gasteiger partial charge in [-0.2, -0.15) is 4.98 Å². The molecule has 2 heterocycles. The van der Waals surface area contributed by atoms with Gasteiger partial charge in [0.1, 0.15) is 0 Å². The second kappa shape index (κ2) is 6.10. The zero-order valence-corrected chi connectivity index (χ0v) is 12.5. The Morgan fingerprint density at radius 3 is 2.90 bits per heavy atom. The van der Waals surface area contributed by atoms with Gasteiger partial charge < -0.3 is 14.4 Å². The molecule has 0 fully saturated rings. The van der Waals surface area contributed by atoms with Crippen LogP contribution in [0.5, 0.6) is 0 Å². The van der Waals surface area contributed by atoms with Crippen molar-refractivity contribution in [1.82, 2.24) is 20.0 Å². The lowest BCUT2D eigenvalue weighted by atomic mass is 10.1. The summed E-state index contributed by atoms with van der Waals surface area (Å²) in [6, 6.07) is 8.67. The second-order valence-electron chi connectivity index (χ2n) is 5.08. The van der Waals surface area contributed by atoms with E-state index in [9.17, 15) is 0 Å². The average Bonchev–Trinajstić information content (AvgIpc) is 3.12. The summed E-state index contributed by atoms with van der Waals surface area (Å²) in [5, 5.41) is 8.60. The summed E-state index contributed by atoms with van der Waals surface area (Å²) in [7, 11) is 0. The Morgan fingerprint density at radius 2 is 2.14 bits per heavy atom. The van der Waals surface area contributed by atoms with Gasteiger partial charge in [-0.1, -0.05) is 25.1 Å². The van der Waals surface area contributed by atoms with Gasteiger partial charge in [-0.25, -0.2) is 0 Å². The van der Waals surface area contributed by atoms with Gasteiger partial charge in [0.2, 0.25) is 5.89 Å².